The first-order chi connectivity index (χ1) is 9.79. The zero-order chi connectivity index (χ0) is 15.7. The summed E-state index contributed by atoms with van der Waals surface area (Å²) in [5, 5.41) is 56.6. The average molecular weight is 300 g/mol. The molecule has 0 heterocycles. The summed E-state index contributed by atoms with van der Waals surface area (Å²) >= 11 is 0. The molecule has 1 aliphatic carbocycles. The van der Waals surface area contributed by atoms with Crippen LogP contribution in [-0.2, 0) is 4.74 Å². The summed E-state index contributed by atoms with van der Waals surface area (Å²) < 4.78 is 4.97. The quantitative estimate of drug-likeness (QED) is 0.307. The van der Waals surface area contributed by atoms with Crippen LogP contribution >= 0.6 is 0 Å². The van der Waals surface area contributed by atoms with Crippen LogP contribution in [0.4, 0.5) is 0 Å². The second-order valence-corrected chi connectivity index (χ2v) is 4.99. The van der Waals surface area contributed by atoms with Crippen molar-refractivity contribution in [1.82, 2.24) is 0 Å². The molecule has 0 unspecified atom stereocenters. The smallest absolute Gasteiger partial charge is 0.338 e. The van der Waals surface area contributed by atoms with Gasteiger partial charge in [-0.15, -0.1) is 0 Å². The van der Waals surface area contributed by atoms with Gasteiger partial charge in [-0.2, -0.15) is 0 Å². The van der Waals surface area contributed by atoms with Gasteiger partial charge in [0.15, 0.2) is 17.2 Å². The number of phenols is 3. The van der Waals surface area contributed by atoms with Crippen LogP contribution in [0.25, 0.3) is 0 Å². The van der Waals surface area contributed by atoms with Crippen molar-refractivity contribution in [3.05, 3.63) is 17.7 Å². The first-order valence-electron chi connectivity index (χ1n) is 6.29. The molecule has 6 N–H and O–H groups in total. The fourth-order valence-electron chi connectivity index (χ4n) is 2.22. The van der Waals surface area contributed by atoms with Crippen molar-refractivity contribution in [2.24, 2.45) is 0 Å². The van der Waals surface area contributed by atoms with Gasteiger partial charge in [0, 0.05) is 12.8 Å². The van der Waals surface area contributed by atoms with Crippen LogP contribution in [0.2, 0.25) is 0 Å². The predicted molar refractivity (Wildman–Crippen MR) is 67.9 cm³/mol. The van der Waals surface area contributed by atoms with E-state index in [1.807, 2.05) is 0 Å². The molecule has 1 fully saturated rings. The highest BCUT2D eigenvalue weighted by atomic mass is 16.6. The normalized spacial score (nSPS) is 29.1. The molecule has 0 amide bonds. The molecule has 4 atom stereocenters. The number of carbonyl (C=O) groups is 1. The third-order valence-corrected chi connectivity index (χ3v) is 3.36. The van der Waals surface area contributed by atoms with Crippen LogP contribution in [0, 0.1) is 0 Å². The van der Waals surface area contributed by atoms with Gasteiger partial charge >= 0.3 is 5.97 Å². The summed E-state index contributed by atoms with van der Waals surface area (Å²) in [7, 11) is 0. The Balaban J connectivity index is 2.14. The molecule has 0 spiro atoms. The molecule has 0 aliphatic heterocycles. The van der Waals surface area contributed by atoms with Gasteiger partial charge < -0.3 is 35.4 Å². The molecule has 8 heteroatoms. The van der Waals surface area contributed by atoms with Crippen molar-refractivity contribution >= 4 is 5.97 Å². The molecule has 116 valence electrons. The molecule has 8 nitrogen and oxygen atoms in total. The van der Waals surface area contributed by atoms with Gasteiger partial charge in [0.25, 0.3) is 0 Å². The minimum Gasteiger partial charge on any atom is -0.504 e. The monoisotopic (exact) mass is 300 g/mol. The highest BCUT2D eigenvalue weighted by Gasteiger charge is 2.37. The molecule has 2 rings (SSSR count). The molecule has 0 bridgehead atoms. The van der Waals surface area contributed by atoms with Gasteiger partial charge in [-0.25, -0.2) is 4.79 Å². The molecule has 0 radical (unpaired) electrons. The maximum atomic E-state index is 11.9. The number of aromatic hydroxyl groups is 3. The summed E-state index contributed by atoms with van der Waals surface area (Å²) in [5.74, 6) is -3.15. The van der Waals surface area contributed by atoms with Gasteiger partial charge in [-0.1, -0.05) is 0 Å². The molecule has 0 aromatic heterocycles. The molecular formula is C13H16O8. The van der Waals surface area contributed by atoms with E-state index < -0.39 is 47.6 Å². The molecule has 0 saturated heterocycles. The minimum absolute atomic E-state index is 0.0179. The van der Waals surface area contributed by atoms with Crippen molar-refractivity contribution < 1.29 is 40.2 Å². The standard InChI is InChI=1S/C13H16O8/c14-6-3-9(17)12(19)10(4-6)21-13(20)5-1-7(15)11(18)8(16)2-5/h1-2,6,9-10,12,14-19H,3-4H2/t6-,9-,10-,12-/m1/s1. The summed E-state index contributed by atoms with van der Waals surface area (Å²) in [6, 6.07) is 1.78. The van der Waals surface area contributed by atoms with E-state index in [1.165, 1.54) is 0 Å². The lowest BCUT2D eigenvalue weighted by Gasteiger charge is -2.34. The van der Waals surface area contributed by atoms with Gasteiger partial charge in [0.05, 0.1) is 17.8 Å². The van der Waals surface area contributed by atoms with Gasteiger partial charge in [-0.05, 0) is 12.1 Å². The largest absolute Gasteiger partial charge is 0.504 e. The molecular weight excluding hydrogens is 284 g/mol. The van der Waals surface area contributed by atoms with Crippen molar-refractivity contribution in [2.75, 3.05) is 0 Å². The van der Waals surface area contributed by atoms with Gasteiger partial charge in [0.2, 0.25) is 0 Å². The summed E-state index contributed by atoms with van der Waals surface area (Å²) in [4.78, 5) is 11.9. The Bertz CT molecular complexity index is 520. The fourth-order valence-corrected chi connectivity index (χ4v) is 2.22. The van der Waals surface area contributed by atoms with E-state index in [0.717, 1.165) is 12.1 Å². The first kappa shape index (κ1) is 15.4. The summed E-state index contributed by atoms with van der Waals surface area (Å²) in [5.41, 5.74) is -0.246. The lowest BCUT2D eigenvalue weighted by atomic mass is 9.90. The minimum atomic E-state index is -1.34. The number of benzene rings is 1. The Morgan fingerprint density at radius 1 is 1.05 bits per heavy atom. The highest BCUT2D eigenvalue weighted by molar-refractivity contribution is 5.91. The van der Waals surface area contributed by atoms with E-state index in [-0.39, 0.29) is 18.4 Å². The van der Waals surface area contributed by atoms with E-state index in [4.69, 9.17) is 4.74 Å². The molecule has 1 aliphatic rings. The topological polar surface area (TPSA) is 148 Å². The lowest BCUT2D eigenvalue weighted by Crippen LogP contribution is -2.48. The highest BCUT2D eigenvalue weighted by Crippen LogP contribution is 2.35. The SMILES string of the molecule is O=C(O[C@@H]1C[C@H](O)C[C@@H](O)[C@H]1O)c1cc(O)c(O)c(O)c1. The number of ether oxygens (including phenoxy) is 1. The van der Waals surface area contributed by atoms with E-state index in [9.17, 15) is 35.4 Å². The number of hydrogen-bond acceptors (Lipinski definition) is 8. The van der Waals surface area contributed by atoms with Crippen LogP contribution in [0.3, 0.4) is 0 Å². The number of aliphatic hydroxyl groups is 3. The lowest BCUT2D eigenvalue weighted by molar-refractivity contribution is -0.121. The number of carbonyl (C=O) groups excluding carboxylic acids is 1. The third kappa shape index (κ3) is 3.18. The summed E-state index contributed by atoms with van der Waals surface area (Å²) in [6.07, 6.45) is -4.64. The van der Waals surface area contributed by atoms with Crippen LogP contribution in [0.15, 0.2) is 12.1 Å². The number of esters is 1. The molecule has 1 saturated carbocycles. The van der Waals surface area contributed by atoms with Crippen LogP contribution < -0.4 is 0 Å². The number of phenolic OH excluding ortho intramolecular Hbond substituents is 3. The zero-order valence-electron chi connectivity index (χ0n) is 10.9. The average Bonchev–Trinajstić information content (AvgIpc) is 2.40. The van der Waals surface area contributed by atoms with Crippen molar-refractivity contribution in [3.8, 4) is 17.2 Å². The summed E-state index contributed by atoms with van der Waals surface area (Å²) in [6.45, 7) is 0. The Kier molecular flexibility index (Phi) is 4.21. The number of rotatable bonds is 2. The Hall–Kier alpha value is -2.03. The second kappa shape index (κ2) is 5.76. The zero-order valence-corrected chi connectivity index (χ0v) is 10.9. The van der Waals surface area contributed by atoms with E-state index >= 15 is 0 Å². The second-order valence-electron chi connectivity index (χ2n) is 4.99. The number of aliphatic hydroxyl groups excluding tert-OH is 3. The van der Waals surface area contributed by atoms with Crippen molar-refractivity contribution in [3.63, 3.8) is 0 Å². The Morgan fingerprint density at radius 3 is 2.19 bits per heavy atom. The Labute approximate surface area is 119 Å². The Morgan fingerprint density at radius 2 is 1.62 bits per heavy atom. The molecule has 1 aromatic rings. The number of hydrogen-bond donors (Lipinski definition) is 6. The fraction of sp³-hybridized carbons (Fsp3) is 0.462. The van der Waals surface area contributed by atoms with Gasteiger partial charge in [0.1, 0.15) is 12.2 Å². The maximum Gasteiger partial charge on any atom is 0.338 e. The van der Waals surface area contributed by atoms with Crippen LogP contribution in [-0.4, -0.2) is 61.0 Å². The van der Waals surface area contributed by atoms with Crippen molar-refractivity contribution in [1.29, 1.82) is 0 Å². The van der Waals surface area contributed by atoms with E-state index in [2.05, 4.69) is 0 Å². The van der Waals surface area contributed by atoms with Crippen LogP contribution in [0.5, 0.6) is 17.2 Å². The van der Waals surface area contributed by atoms with Crippen molar-refractivity contribution in [2.45, 2.75) is 37.3 Å². The predicted octanol–water partition coefficient (Wildman–Crippen LogP) is -0.795. The van der Waals surface area contributed by atoms with E-state index in [1.54, 1.807) is 0 Å². The van der Waals surface area contributed by atoms with Gasteiger partial charge in [-0.3, -0.25) is 0 Å². The molecule has 21 heavy (non-hydrogen) atoms. The molecule has 1 aromatic carbocycles. The van der Waals surface area contributed by atoms with E-state index in [0.29, 0.717) is 0 Å². The van der Waals surface area contributed by atoms with Crippen LogP contribution in [0.1, 0.15) is 23.2 Å². The maximum absolute atomic E-state index is 11.9. The first-order valence-corrected chi connectivity index (χ1v) is 6.29. The third-order valence-electron chi connectivity index (χ3n) is 3.36.